The fourth-order valence-electron chi connectivity index (χ4n) is 3.66. The van der Waals surface area contributed by atoms with Gasteiger partial charge in [-0.05, 0) is 12.8 Å². The molecule has 0 aromatic carbocycles. The lowest BCUT2D eigenvalue weighted by Crippen LogP contribution is -2.38. The molecule has 1 unspecified atom stereocenters. The van der Waals surface area contributed by atoms with Crippen molar-refractivity contribution in [2.24, 2.45) is 0 Å². The van der Waals surface area contributed by atoms with Crippen molar-refractivity contribution < 1.29 is 9.53 Å². The fraction of sp³-hybridized carbons (Fsp3) is 0.588. The van der Waals surface area contributed by atoms with Crippen molar-refractivity contribution in [2.45, 2.75) is 51.7 Å². The van der Waals surface area contributed by atoms with E-state index in [4.69, 9.17) is 4.74 Å². The number of nitrogens with zero attached hydrogens (tertiary/aromatic N) is 5. The Morgan fingerprint density at radius 2 is 2.29 bits per heavy atom. The SMILES string of the molecule is CC(C)c1nccn1CC1CCCN1C(=O)c1cc2n(n1)CCO2. The Hall–Kier alpha value is -2.31. The molecule has 7 heteroatoms. The van der Waals surface area contributed by atoms with Crippen molar-refractivity contribution in [3.63, 3.8) is 0 Å². The highest BCUT2D eigenvalue weighted by Crippen LogP contribution is 2.25. The van der Waals surface area contributed by atoms with E-state index >= 15 is 0 Å². The van der Waals surface area contributed by atoms with Crippen molar-refractivity contribution >= 4 is 5.91 Å². The second-order valence-corrected chi connectivity index (χ2v) is 6.83. The second-order valence-electron chi connectivity index (χ2n) is 6.83. The Morgan fingerprint density at radius 3 is 3.08 bits per heavy atom. The van der Waals surface area contributed by atoms with Crippen LogP contribution in [0.1, 0.15) is 48.9 Å². The molecule has 0 spiro atoms. The highest BCUT2D eigenvalue weighted by molar-refractivity contribution is 5.93. The molecule has 2 aliphatic heterocycles. The summed E-state index contributed by atoms with van der Waals surface area (Å²) in [6.45, 7) is 7.23. The van der Waals surface area contributed by atoms with Gasteiger partial charge in [0.05, 0.1) is 12.6 Å². The van der Waals surface area contributed by atoms with Gasteiger partial charge in [0.1, 0.15) is 12.4 Å². The van der Waals surface area contributed by atoms with E-state index in [1.807, 2.05) is 17.3 Å². The van der Waals surface area contributed by atoms with Gasteiger partial charge in [-0.25, -0.2) is 9.67 Å². The van der Waals surface area contributed by atoms with E-state index in [-0.39, 0.29) is 11.9 Å². The Bertz CT molecular complexity index is 726. The lowest BCUT2D eigenvalue weighted by Gasteiger charge is -2.25. The summed E-state index contributed by atoms with van der Waals surface area (Å²) in [6.07, 6.45) is 5.90. The summed E-state index contributed by atoms with van der Waals surface area (Å²) in [5.74, 6) is 2.16. The molecule has 7 nitrogen and oxygen atoms in total. The van der Waals surface area contributed by atoms with Crippen LogP contribution < -0.4 is 4.74 Å². The van der Waals surface area contributed by atoms with E-state index in [9.17, 15) is 4.79 Å². The van der Waals surface area contributed by atoms with Crippen LogP contribution in [0.25, 0.3) is 0 Å². The van der Waals surface area contributed by atoms with Crippen LogP contribution in [0.2, 0.25) is 0 Å². The van der Waals surface area contributed by atoms with E-state index < -0.39 is 0 Å². The van der Waals surface area contributed by atoms with Crippen LogP contribution >= 0.6 is 0 Å². The molecule has 0 bridgehead atoms. The first kappa shape index (κ1) is 15.2. The molecule has 4 rings (SSSR count). The number of fused-ring (bicyclic) bond motifs is 1. The third-order valence-corrected chi connectivity index (χ3v) is 4.82. The topological polar surface area (TPSA) is 65.2 Å². The van der Waals surface area contributed by atoms with Gasteiger partial charge in [-0.15, -0.1) is 0 Å². The van der Waals surface area contributed by atoms with E-state index in [0.29, 0.717) is 24.1 Å². The molecule has 24 heavy (non-hydrogen) atoms. The molecule has 1 atom stereocenters. The molecule has 0 saturated carbocycles. The molecule has 2 aromatic rings. The number of rotatable bonds is 4. The number of carbonyl (C=O) groups is 1. The maximum Gasteiger partial charge on any atom is 0.274 e. The molecule has 4 heterocycles. The number of hydrogen-bond acceptors (Lipinski definition) is 4. The Balaban J connectivity index is 1.51. The van der Waals surface area contributed by atoms with Crippen LogP contribution in [0.15, 0.2) is 18.5 Å². The zero-order chi connectivity index (χ0) is 16.7. The number of aromatic nitrogens is 4. The van der Waals surface area contributed by atoms with Gasteiger partial charge in [0.2, 0.25) is 5.88 Å². The molecule has 128 valence electrons. The number of imidazole rings is 1. The van der Waals surface area contributed by atoms with Gasteiger partial charge in [0.25, 0.3) is 5.91 Å². The smallest absolute Gasteiger partial charge is 0.274 e. The van der Waals surface area contributed by atoms with Gasteiger partial charge < -0.3 is 14.2 Å². The van der Waals surface area contributed by atoms with Crippen LogP contribution in [-0.4, -0.2) is 49.3 Å². The number of hydrogen-bond donors (Lipinski definition) is 0. The lowest BCUT2D eigenvalue weighted by atomic mass is 10.2. The molecule has 1 saturated heterocycles. The van der Waals surface area contributed by atoms with Gasteiger partial charge in [0, 0.05) is 37.5 Å². The monoisotopic (exact) mass is 329 g/mol. The first-order valence-corrected chi connectivity index (χ1v) is 8.66. The van der Waals surface area contributed by atoms with Gasteiger partial charge in [-0.3, -0.25) is 4.79 Å². The predicted octanol–water partition coefficient (Wildman–Crippen LogP) is 1.90. The van der Waals surface area contributed by atoms with Crippen molar-refractivity contribution in [2.75, 3.05) is 13.2 Å². The molecule has 2 aliphatic rings. The van der Waals surface area contributed by atoms with Gasteiger partial charge in [0.15, 0.2) is 5.69 Å². The number of amides is 1. The van der Waals surface area contributed by atoms with Gasteiger partial charge >= 0.3 is 0 Å². The fourth-order valence-corrected chi connectivity index (χ4v) is 3.66. The largest absolute Gasteiger partial charge is 0.476 e. The Labute approximate surface area is 141 Å². The third-order valence-electron chi connectivity index (χ3n) is 4.82. The van der Waals surface area contributed by atoms with Crippen LogP contribution in [0.5, 0.6) is 5.88 Å². The maximum atomic E-state index is 12.9. The highest BCUT2D eigenvalue weighted by atomic mass is 16.5. The quantitative estimate of drug-likeness (QED) is 0.859. The summed E-state index contributed by atoms with van der Waals surface area (Å²) in [4.78, 5) is 19.3. The van der Waals surface area contributed by atoms with Crippen LogP contribution in [-0.2, 0) is 13.1 Å². The zero-order valence-electron chi connectivity index (χ0n) is 14.2. The molecule has 0 N–H and O–H groups in total. The molecular weight excluding hydrogens is 306 g/mol. The molecule has 0 aliphatic carbocycles. The molecular formula is C17H23N5O2. The second kappa shape index (κ2) is 5.96. The molecule has 2 aromatic heterocycles. The van der Waals surface area contributed by atoms with E-state index in [0.717, 1.165) is 38.3 Å². The van der Waals surface area contributed by atoms with E-state index in [1.54, 1.807) is 10.7 Å². The lowest BCUT2D eigenvalue weighted by molar-refractivity contribution is 0.0716. The molecule has 1 amide bonds. The number of ether oxygens (including phenoxy) is 1. The summed E-state index contributed by atoms with van der Waals surface area (Å²) in [7, 11) is 0. The highest BCUT2D eigenvalue weighted by Gasteiger charge is 2.32. The summed E-state index contributed by atoms with van der Waals surface area (Å²) >= 11 is 0. The van der Waals surface area contributed by atoms with Crippen molar-refractivity contribution in [3.05, 3.63) is 30.0 Å². The average molecular weight is 329 g/mol. The normalized spacial score (nSPS) is 19.8. The van der Waals surface area contributed by atoms with Gasteiger partial charge in [-0.2, -0.15) is 5.10 Å². The van der Waals surface area contributed by atoms with E-state index in [2.05, 4.69) is 28.5 Å². The van der Waals surface area contributed by atoms with Crippen molar-refractivity contribution in [3.8, 4) is 5.88 Å². The standard InChI is InChI=1S/C17H23N5O2/c1-12(2)16-18-5-7-20(16)11-13-4-3-6-21(13)17(23)14-10-15-22(19-14)8-9-24-15/h5,7,10,12-13H,3-4,6,8-9,11H2,1-2H3. The molecule has 0 radical (unpaired) electrons. The average Bonchev–Trinajstić information content (AvgIpc) is 3.30. The summed E-state index contributed by atoms with van der Waals surface area (Å²) in [5, 5.41) is 4.39. The van der Waals surface area contributed by atoms with Gasteiger partial charge in [-0.1, -0.05) is 13.8 Å². The van der Waals surface area contributed by atoms with Crippen LogP contribution in [0.3, 0.4) is 0 Å². The van der Waals surface area contributed by atoms with Crippen molar-refractivity contribution in [1.29, 1.82) is 0 Å². The number of likely N-dealkylation sites (tertiary alicyclic amines) is 1. The Morgan fingerprint density at radius 1 is 1.42 bits per heavy atom. The minimum Gasteiger partial charge on any atom is -0.476 e. The summed E-state index contributed by atoms with van der Waals surface area (Å²) in [6, 6.07) is 1.96. The zero-order valence-corrected chi connectivity index (χ0v) is 14.2. The summed E-state index contributed by atoms with van der Waals surface area (Å²) < 4.78 is 9.41. The third kappa shape index (κ3) is 2.57. The van der Waals surface area contributed by atoms with E-state index in [1.165, 1.54) is 0 Å². The van der Waals surface area contributed by atoms with Crippen LogP contribution in [0, 0.1) is 0 Å². The minimum atomic E-state index is 0.00853. The minimum absolute atomic E-state index is 0.00853. The maximum absolute atomic E-state index is 12.9. The molecule has 1 fully saturated rings. The first-order chi connectivity index (χ1) is 11.6. The first-order valence-electron chi connectivity index (χ1n) is 8.66. The van der Waals surface area contributed by atoms with Crippen LogP contribution in [0.4, 0.5) is 0 Å². The number of carbonyl (C=O) groups excluding carboxylic acids is 1. The predicted molar refractivity (Wildman–Crippen MR) is 88.1 cm³/mol. The summed E-state index contributed by atoms with van der Waals surface area (Å²) in [5.41, 5.74) is 0.492. The Kier molecular flexibility index (Phi) is 3.78. The van der Waals surface area contributed by atoms with Crippen molar-refractivity contribution in [1.82, 2.24) is 24.2 Å².